The summed E-state index contributed by atoms with van der Waals surface area (Å²) in [5, 5.41) is -0.828. The molecule has 1 aromatic carbocycles. The molecule has 0 atom stereocenters. The number of ether oxygens (including phenoxy) is 1. The number of benzene rings is 1. The van der Waals surface area contributed by atoms with Crippen molar-refractivity contribution in [3.8, 4) is 0 Å². The maximum atomic E-state index is 11.2. The van der Waals surface area contributed by atoms with E-state index in [2.05, 4.69) is 4.74 Å². The summed E-state index contributed by atoms with van der Waals surface area (Å²) in [7, 11) is 1.20. The normalized spacial score (nSPS) is 10.9. The largest absolute Gasteiger partial charge is 0.465 e. The predicted molar refractivity (Wildman–Crippen MR) is 57.3 cm³/mol. The third kappa shape index (κ3) is 3.22. The van der Waals surface area contributed by atoms with Crippen LogP contribution in [0.15, 0.2) is 35.9 Å². The number of carbonyl (C=O) groups excluding carboxylic acids is 2. The van der Waals surface area contributed by atoms with E-state index in [1.54, 1.807) is 24.3 Å². The summed E-state index contributed by atoms with van der Waals surface area (Å²) < 4.78 is 4.43. The second kappa shape index (κ2) is 5.32. The van der Waals surface area contributed by atoms with E-state index in [1.165, 1.54) is 13.2 Å². The van der Waals surface area contributed by atoms with Gasteiger partial charge in [-0.15, -0.1) is 0 Å². The maximum Gasteiger partial charge on any atom is 0.342 e. The Hall–Kier alpha value is -1.61. The van der Waals surface area contributed by atoms with Gasteiger partial charge < -0.3 is 4.74 Å². The SMILES string of the molecule is COC(=O)C(=Cc1ccccc1)C(=O)Cl. The van der Waals surface area contributed by atoms with Gasteiger partial charge in [-0.05, 0) is 23.2 Å². The number of hydrogen-bond donors (Lipinski definition) is 0. The quantitative estimate of drug-likeness (QED) is 0.259. The van der Waals surface area contributed by atoms with Gasteiger partial charge in [0.25, 0.3) is 5.24 Å². The van der Waals surface area contributed by atoms with Crippen molar-refractivity contribution >= 4 is 28.9 Å². The number of carbonyl (C=O) groups is 2. The Morgan fingerprint density at radius 2 is 1.87 bits per heavy atom. The Morgan fingerprint density at radius 1 is 1.27 bits per heavy atom. The molecule has 0 amide bonds. The number of methoxy groups -OCH3 is 1. The van der Waals surface area contributed by atoms with Gasteiger partial charge in [0.05, 0.1) is 7.11 Å². The minimum absolute atomic E-state index is 0.176. The smallest absolute Gasteiger partial charge is 0.342 e. The van der Waals surface area contributed by atoms with Crippen molar-refractivity contribution in [3.63, 3.8) is 0 Å². The average Bonchev–Trinajstić information content (AvgIpc) is 2.26. The van der Waals surface area contributed by atoms with Crippen molar-refractivity contribution in [1.29, 1.82) is 0 Å². The molecule has 0 saturated carbocycles. The standard InChI is InChI=1S/C11H9ClO3/c1-15-11(14)9(10(12)13)7-8-5-3-2-4-6-8/h2-7H,1H3. The highest BCUT2D eigenvalue weighted by atomic mass is 35.5. The fourth-order valence-electron chi connectivity index (χ4n) is 1.02. The molecule has 0 N–H and O–H groups in total. The van der Waals surface area contributed by atoms with Crippen molar-refractivity contribution in [1.82, 2.24) is 0 Å². The lowest BCUT2D eigenvalue weighted by molar-refractivity contribution is -0.136. The number of esters is 1. The third-order valence-electron chi connectivity index (χ3n) is 1.73. The molecule has 0 aliphatic heterocycles. The van der Waals surface area contributed by atoms with Gasteiger partial charge in [0, 0.05) is 0 Å². The van der Waals surface area contributed by atoms with Gasteiger partial charge in [-0.3, -0.25) is 4.79 Å². The van der Waals surface area contributed by atoms with Gasteiger partial charge in [-0.2, -0.15) is 0 Å². The van der Waals surface area contributed by atoms with E-state index in [0.717, 1.165) is 0 Å². The van der Waals surface area contributed by atoms with Gasteiger partial charge >= 0.3 is 5.97 Å². The van der Waals surface area contributed by atoms with Crippen molar-refractivity contribution in [2.24, 2.45) is 0 Å². The average molecular weight is 225 g/mol. The topological polar surface area (TPSA) is 43.4 Å². The van der Waals surface area contributed by atoms with Gasteiger partial charge in [-0.25, -0.2) is 4.79 Å². The Kier molecular flexibility index (Phi) is 4.06. The summed E-state index contributed by atoms with van der Waals surface area (Å²) in [5.74, 6) is -0.737. The molecule has 0 aromatic heterocycles. The molecule has 78 valence electrons. The van der Waals surface area contributed by atoms with Crippen LogP contribution in [-0.4, -0.2) is 18.3 Å². The summed E-state index contributed by atoms with van der Waals surface area (Å²) in [6, 6.07) is 8.92. The monoisotopic (exact) mass is 224 g/mol. The molecular weight excluding hydrogens is 216 g/mol. The molecule has 0 saturated heterocycles. The fraction of sp³-hybridized carbons (Fsp3) is 0.0909. The zero-order valence-electron chi connectivity index (χ0n) is 8.07. The zero-order valence-corrected chi connectivity index (χ0v) is 8.82. The Labute approximate surface area is 92.3 Å². The van der Waals surface area contributed by atoms with Crippen molar-refractivity contribution in [3.05, 3.63) is 41.5 Å². The van der Waals surface area contributed by atoms with Gasteiger partial charge in [0.2, 0.25) is 0 Å². The molecule has 0 radical (unpaired) electrons. The van der Waals surface area contributed by atoms with Crippen LogP contribution in [0.4, 0.5) is 0 Å². The van der Waals surface area contributed by atoms with Crippen LogP contribution in [0.3, 0.4) is 0 Å². The van der Waals surface area contributed by atoms with Crippen LogP contribution < -0.4 is 0 Å². The number of rotatable bonds is 3. The maximum absolute atomic E-state index is 11.2. The lowest BCUT2D eigenvalue weighted by Gasteiger charge is -1.99. The van der Waals surface area contributed by atoms with Crippen LogP contribution >= 0.6 is 11.6 Å². The first kappa shape index (κ1) is 11.5. The summed E-state index contributed by atoms with van der Waals surface area (Å²) >= 11 is 5.26. The highest BCUT2D eigenvalue weighted by Gasteiger charge is 2.16. The van der Waals surface area contributed by atoms with Gasteiger partial charge in [-0.1, -0.05) is 30.3 Å². The van der Waals surface area contributed by atoms with Crippen LogP contribution in [-0.2, 0) is 14.3 Å². The van der Waals surface area contributed by atoms with Gasteiger partial charge in [0.15, 0.2) is 0 Å². The molecular formula is C11H9ClO3. The van der Waals surface area contributed by atoms with E-state index in [1.807, 2.05) is 6.07 Å². The van der Waals surface area contributed by atoms with E-state index in [0.29, 0.717) is 5.56 Å². The highest BCUT2D eigenvalue weighted by Crippen LogP contribution is 2.10. The molecule has 0 unspecified atom stereocenters. The molecule has 3 nitrogen and oxygen atoms in total. The molecule has 1 rings (SSSR count). The Balaban J connectivity index is 3.05. The molecule has 0 fully saturated rings. The predicted octanol–water partition coefficient (Wildman–Crippen LogP) is 2.01. The number of hydrogen-bond acceptors (Lipinski definition) is 3. The minimum Gasteiger partial charge on any atom is -0.465 e. The Bertz CT molecular complexity index is 396. The molecule has 0 heterocycles. The van der Waals surface area contributed by atoms with Crippen molar-refractivity contribution in [2.45, 2.75) is 0 Å². The molecule has 1 aromatic rings. The summed E-state index contributed by atoms with van der Waals surface area (Å²) in [5.41, 5.74) is 0.539. The molecule has 0 spiro atoms. The van der Waals surface area contributed by atoms with Crippen molar-refractivity contribution in [2.75, 3.05) is 7.11 Å². The molecule has 0 aliphatic carbocycles. The van der Waals surface area contributed by atoms with E-state index in [9.17, 15) is 9.59 Å². The lowest BCUT2D eigenvalue weighted by atomic mass is 10.1. The summed E-state index contributed by atoms with van der Waals surface area (Å²) in [4.78, 5) is 22.1. The zero-order chi connectivity index (χ0) is 11.3. The van der Waals surface area contributed by atoms with Crippen molar-refractivity contribution < 1.29 is 14.3 Å². The second-order valence-corrected chi connectivity index (χ2v) is 3.08. The second-order valence-electron chi connectivity index (χ2n) is 2.73. The highest BCUT2D eigenvalue weighted by molar-refractivity contribution is 6.70. The van der Waals surface area contributed by atoms with E-state index in [4.69, 9.17) is 11.6 Å². The molecule has 0 bridgehead atoms. The van der Waals surface area contributed by atoms with Crippen LogP contribution in [0.2, 0.25) is 0 Å². The summed E-state index contributed by atoms with van der Waals surface area (Å²) in [6.07, 6.45) is 1.39. The van der Waals surface area contributed by atoms with Gasteiger partial charge in [0.1, 0.15) is 5.57 Å². The van der Waals surface area contributed by atoms with E-state index >= 15 is 0 Å². The molecule has 15 heavy (non-hydrogen) atoms. The van der Waals surface area contributed by atoms with E-state index in [-0.39, 0.29) is 5.57 Å². The first-order valence-electron chi connectivity index (χ1n) is 4.20. The third-order valence-corrected chi connectivity index (χ3v) is 1.93. The first-order chi connectivity index (χ1) is 7.15. The number of halogens is 1. The molecule has 0 aliphatic rings. The van der Waals surface area contributed by atoms with Crippen LogP contribution in [0.25, 0.3) is 6.08 Å². The minimum atomic E-state index is -0.828. The van der Waals surface area contributed by atoms with Crippen LogP contribution in [0, 0.1) is 0 Å². The van der Waals surface area contributed by atoms with E-state index < -0.39 is 11.2 Å². The van der Waals surface area contributed by atoms with Crippen LogP contribution in [0.5, 0.6) is 0 Å². The summed E-state index contributed by atoms with van der Waals surface area (Å²) in [6.45, 7) is 0. The van der Waals surface area contributed by atoms with Crippen LogP contribution in [0.1, 0.15) is 5.56 Å². The fourth-order valence-corrected chi connectivity index (χ4v) is 1.15. The first-order valence-corrected chi connectivity index (χ1v) is 4.58. The molecule has 4 heteroatoms. The Morgan fingerprint density at radius 3 is 2.33 bits per heavy atom. The lowest BCUT2D eigenvalue weighted by Crippen LogP contribution is -2.09.